The molecule has 0 bridgehead atoms. The highest BCUT2D eigenvalue weighted by Crippen LogP contribution is 1.71. The van der Waals surface area contributed by atoms with Crippen LogP contribution in [-0.2, 0) is 10.1 Å². The van der Waals surface area contributed by atoms with Gasteiger partial charge in [-0.1, -0.05) is 0 Å². The van der Waals surface area contributed by atoms with Crippen molar-refractivity contribution in [1.29, 1.82) is 0 Å². The maximum atomic E-state index is 10.3. The molecule has 0 heterocycles. The Morgan fingerprint density at radius 3 is 2.00 bits per heavy atom. The summed E-state index contributed by atoms with van der Waals surface area (Å²) in [6.45, 7) is 0. The molecule has 0 aromatic carbocycles. The fourth-order valence-corrected chi connectivity index (χ4v) is 0. The lowest BCUT2D eigenvalue weighted by molar-refractivity contribution is -0.250. The summed E-state index contributed by atoms with van der Waals surface area (Å²) in [5, 5.41) is 8.41. The first-order valence-electron chi connectivity index (χ1n) is 0.764. The molecule has 0 amide bonds. The van der Waals surface area contributed by atoms with Gasteiger partial charge < -0.3 is 0 Å². The van der Waals surface area contributed by atoms with Crippen LogP contribution in [0.25, 0.3) is 0 Å². The summed E-state index contributed by atoms with van der Waals surface area (Å²) in [4.78, 5) is 10.8. The number of hydrogen-bond donors (Lipinski definition) is 0. The van der Waals surface area contributed by atoms with Crippen LogP contribution in [0, 0.1) is 0 Å². The number of carbonyl (C=O) groups is 1. The topological polar surface area (TPSA) is 46.2 Å². The van der Waals surface area contributed by atoms with Crippen molar-refractivity contribution < 1.29 is 19.3 Å². The summed E-state index contributed by atoms with van der Waals surface area (Å²) in [7, 11) is 0. The highest BCUT2D eigenvalue weighted by Gasteiger charge is 1.89. The van der Waals surface area contributed by atoms with Gasteiger partial charge in [0.05, 0.1) is 0 Å². The molecule has 0 spiro atoms. The molecule has 4 heteroatoms. The summed E-state index contributed by atoms with van der Waals surface area (Å²) >= 11 is 0. The molecule has 0 unspecified atom stereocenters. The van der Waals surface area contributed by atoms with Crippen molar-refractivity contribution in [2.75, 3.05) is 0 Å². The van der Waals surface area contributed by atoms with Gasteiger partial charge in [0.15, 0.2) is 0 Å². The molecule has 0 aliphatic carbocycles. The zero-order valence-corrected chi connectivity index (χ0v) is 2.10. The smallest absolute Gasteiger partial charge is 0.232 e. The summed E-state index contributed by atoms with van der Waals surface area (Å²) in [5.74, 6) is 0. The average Bonchev–Trinajstić information content (AvgIpc) is 1.38. The first-order chi connectivity index (χ1) is 2.27. The predicted molar refractivity (Wildman–Crippen MR) is 8.28 cm³/mol. The van der Waals surface area contributed by atoms with Gasteiger partial charge in [-0.3, -0.25) is 0 Å². The fourth-order valence-electron chi connectivity index (χ4n) is 0. The van der Waals surface area contributed by atoms with Crippen molar-refractivity contribution in [3.63, 3.8) is 0 Å². The van der Waals surface area contributed by atoms with Crippen LogP contribution in [0.3, 0.4) is 0 Å². The van der Waals surface area contributed by atoms with Crippen LogP contribution in [0.2, 0.25) is 0 Å². The Kier molecular flexibility index (Phi) is 1.45. The monoisotopic (exact) mass is 79.0 g/mol. The van der Waals surface area contributed by atoms with Gasteiger partial charge in [0.1, 0.15) is 0 Å². The van der Waals surface area contributed by atoms with Gasteiger partial charge in [0.25, 0.3) is 0 Å². The molecule has 0 aliphatic heterocycles. The Balaban J connectivity index is 2.85. The van der Waals surface area contributed by atoms with Crippen LogP contribution in [0.1, 0.15) is 0 Å². The van der Waals surface area contributed by atoms with E-state index in [1.54, 1.807) is 0 Å². The lowest BCUT2D eigenvalue weighted by atomic mass is 11.5. The van der Waals surface area contributed by atoms with Crippen LogP contribution in [0.15, 0.2) is 0 Å². The summed E-state index contributed by atoms with van der Waals surface area (Å²) in [6.07, 6.45) is -2.30. The predicted octanol–water partition coefficient (Wildman–Crippen LogP) is 0.438. The van der Waals surface area contributed by atoms with Crippen molar-refractivity contribution in [3.05, 3.63) is 0 Å². The van der Waals surface area contributed by atoms with Crippen molar-refractivity contribution in [2.24, 2.45) is 0 Å². The lowest BCUT2D eigenvalue weighted by Crippen LogP contribution is -1.81. The fraction of sp³-hybridized carbons (Fsp3) is 0. The molecule has 3 nitrogen and oxygen atoms in total. The van der Waals surface area contributed by atoms with Crippen LogP contribution in [0.5, 0.6) is 0 Å². The molecule has 1 radical (unpaired) electrons. The molecule has 0 saturated heterocycles. The van der Waals surface area contributed by atoms with Gasteiger partial charge in [-0.2, -0.15) is 0 Å². The Morgan fingerprint density at radius 1 is 1.80 bits per heavy atom. The molecule has 0 atom stereocenters. The molecule has 0 rings (SSSR count). The molecule has 0 saturated carbocycles. The zero-order chi connectivity index (χ0) is 4.28. The van der Waals surface area contributed by atoms with Crippen molar-refractivity contribution in [1.82, 2.24) is 0 Å². The highest BCUT2D eigenvalue weighted by atomic mass is 19.1. The number of halogens is 1. The van der Waals surface area contributed by atoms with Crippen LogP contribution < -0.4 is 0 Å². The van der Waals surface area contributed by atoms with E-state index in [2.05, 4.69) is 4.89 Å². The van der Waals surface area contributed by atoms with Crippen molar-refractivity contribution in [2.45, 2.75) is 0 Å². The minimum absolute atomic E-state index is 2.19. The molecule has 5 heavy (non-hydrogen) atoms. The Morgan fingerprint density at radius 2 is 2.00 bits per heavy atom. The minimum atomic E-state index is -2.30. The van der Waals surface area contributed by atoms with E-state index in [1.165, 1.54) is 0 Å². The van der Waals surface area contributed by atoms with E-state index in [1.807, 2.05) is 0 Å². The van der Waals surface area contributed by atoms with Crippen LogP contribution in [-0.4, -0.2) is 6.22 Å². The molecule has 0 N–H and O–H groups in total. The maximum absolute atomic E-state index is 10.3. The van der Waals surface area contributed by atoms with Gasteiger partial charge in [0.2, 0.25) is 0 Å². The number of carbonyl (C=O) groups excluding carboxylic acids is 1. The van der Waals surface area contributed by atoms with Crippen molar-refractivity contribution >= 4 is 6.22 Å². The van der Waals surface area contributed by atoms with E-state index >= 15 is 0 Å². The molecule has 0 aromatic heterocycles. The molecule has 0 aromatic rings. The second-order valence-corrected chi connectivity index (χ2v) is 0.321. The van der Waals surface area contributed by atoms with E-state index in [4.69, 9.17) is 10.1 Å². The van der Waals surface area contributed by atoms with Gasteiger partial charge >= 0.3 is 6.22 Å². The third-order valence-corrected chi connectivity index (χ3v) is 0.0655. The Hall–Kier alpha value is -0.640. The van der Waals surface area contributed by atoms with Crippen LogP contribution in [0.4, 0.5) is 9.18 Å². The number of hydrogen-bond acceptors (Lipinski definition) is 2. The van der Waals surface area contributed by atoms with Gasteiger partial charge in [-0.25, -0.2) is 9.68 Å². The molecule has 0 fully saturated rings. The number of rotatable bonds is 0. The third-order valence-electron chi connectivity index (χ3n) is 0.0655. The van der Waals surface area contributed by atoms with Gasteiger partial charge in [-0.15, -0.1) is 4.39 Å². The first-order valence-corrected chi connectivity index (χ1v) is 0.764. The summed E-state index contributed by atoms with van der Waals surface area (Å²) in [5.41, 5.74) is 0. The quantitative estimate of drug-likeness (QED) is 0.240. The largest absolute Gasteiger partial charge is 0.529 e. The zero-order valence-electron chi connectivity index (χ0n) is 2.10. The Bertz CT molecular complexity index is 42.2. The third kappa shape index (κ3) is 3.36. The Labute approximate surface area is 26.9 Å². The molecular formula is CFO3. The first kappa shape index (κ1) is 4.36. The van der Waals surface area contributed by atoms with Crippen molar-refractivity contribution in [3.8, 4) is 0 Å². The lowest BCUT2D eigenvalue weighted by Gasteiger charge is -1.66. The molecular weight excluding hydrogens is 79.0 g/mol. The normalized spacial score (nSPS) is 6.80. The van der Waals surface area contributed by atoms with E-state index in [-0.39, 0.29) is 0 Å². The average molecular weight is 79.0 g/mol. The van der Waals surface area contributed by atoms with E-state index < -0.39 is 6.22 Å². The summed E-state index contributed by atoms with van der Waals surface area (Å²) < 4.78 is 10.3. The second kappa shape index (κ2) is 1.66. The van der Waals surface area contributed by atoms with E-state index in [0.29, 0.717) is 0 Å². The maximum Gasteiger partial charge on any atom is 0.529 e. The molecule has 29 valence electrons. The minimum Gasteiger partial charge on any atom is -0.232 e. The molecule has 0 aliphatic rings. The standard InChI is InChI=1S/CFO3/c2-1(3)5-4. The SMILES string of the molecule is [O]OC(=O)F. The van der Waals surface area contributed by atoms with Gasteiger partial charge in [-0.05, 0) is 0 Å². The highest BCUT2D eigenvalue weighted by molar-refractivity contribution is 5.56. The van der Waals surface area contributed by atoms with Crippen LogP contribution >= 0.6 is 0 Å². The summed E-state index contributed by atoms with van der Waals surface area (Å²) in [6, 6.07) is 0. The van der Waals surface area contributed by atoms with E-state index in [0.717, 1.165) is 0 Å². The second-order valence-electron chi connectivity index (χ2n) is 0.321. The van der Waals surface area contributed by atoms with Gasteiger partial charge in [0, 0.05) is 5.26 Å². The van der Waals surface area contributed by atoms with E-state index in [9.17, 15) is 4.39 Å².